The van der Waals surface area contributed by atoms with Crippen LogP contribution in [0.4, 0.5) is 0 Å². The van der Waals surface area contributed by atoms with Crippen molar-refractivity contribution in [1.82, 2.24) is 9.78 Å². The van der Waals surface area contributed by atoms with Gasteiger partial charge in [-0.3, -0.25) is 5.41 Å². The molecule has 1 aliphatic rings. The third kappa shape index (κ3) is 2.91. The Morgan fingerprint density at radius 3 is 2.89 bits per heavy atom. The zero-order valence-electron chi connectivity index (χ0n) is 12.1. The predicted octanol–water partition coefficient (Wildman–Crippen LogP) is 2.36. The van der Waals surface area contributed by atoms with Crippen LogP contribution < -0.4 is 10.5 Å². The number of amidine groups is 1. The fourth-order valence-electron chi connectivity index (χ4n) is 2.96. The second-order valence-electron chi connectivity index (χ2n) is 5.48. The number of aryl methyl sites for hydroxylation is 2. The Morgan fingerprint density at radius 1 is 1.53 bits per heavy atom. The molecule has 1 fully saturated rings. The van der Waals surface area contributed by atoms with Gasteiger partial charge in [-0.15, -0.1) is 0 Å². The van der Waals surface area contributed by atoms with Crippen molar-refractivity contribution in [3.05, 3.63) is 11.3 Å². The number of hydrogen-bond acceptors (Lipinski definition) is 3. The van der Waals surface area contributed by atoms with E-state index in [1.54, 1.807) is 4.68 Å². The Hall–Kier alpha value is -1.52. The summed E-state index contributed by atoms with van der Waals surface area (Å²) in [5.41, 5.74) is 7.03. The Bertz CT molecular complexity index is 466. The van der Waals surface area contributed by atoms with Crippen molar-refractivity contribution in [2.45, 2.75) is 52.1 Å². The molecule has 1 heterocycles. The highest BCUT2D eigenvalue weighted by Crippen LogP contribution is 2.31. The Labute approximate surface area is 114 Å². The fourth-order valence-corrected chi connectivity index (χ4v) is 2.96. The molecule has 0 aliphatic heterocycles. The standard InChI is InChI=1S/C14H24N4O/c1-4-10-6-5-7-11(8-10)19-14-12(13(15)16)9(2)17-18(14)3/h10-11H,4-8H2,1-3H3,(H3,15,16). The minimum atomic E-state index is 0.0310. The van der Waals surface area contributed by atoms with Gasteiger partial charge in [-0.2, -0.15) is 5.10 Å². The second-order valence-corrected chi connectivity index (χ2v) is 5.48. The summed E-state index contributed by atoms with van der Waals surface area (Å²) < 4.78 is 7.81. The molecule has 0 aromatic carbocycles. The number of nitrogens with zero attached hydrogens (tertiary/aromatic N) is 2. The van der Waals surface area contributed by atoms with Gasteiger partial charge in [0.15, 0.2) is 0 Å². The maximum atomic E-state index is 7.67. The maximum absolute atomic E-state index is 7.67. The van der Waals surface area contributed by atoms with Crippen LogP contribution in [0.3, 0.4) is 0 Å². The van der Waals surface area contributed by atoms with E-state index in [0.717, 1.165) is 24.5 Å². The molecule has 5 heteroatoms. The minimum Gasteiger partial charge on any atom is -0.474 e. The topological polar surface area (TPSA) is 76.9 Å². The molecule has 2 atom stereocenters. The lowest BCUT2D eigenvalue weighted by molar-refractivity contribution is 0.112. The SMILES string of the molecule is CCC1CCCC(Oc2c(C(=N)N)c(C)nn2C)C1. The summed E-state index contributed by atoms with van der Waals surface area (Å²) in [6, 6.07) is 0. The quantitative estimate of drug-likeness (QED) is 0.647. The number of nitrogens with one attached hydrogen (secondary N) is 1. The van der Waals surface area contributed by atoms with Gasteiger partial charge in [0, 0.05) is 7.05 Å². The normalized spacial score (nSPS) is 23.3. The molecule has 1 aliphatic carbocycles. The van der Waals surface area contributed by atoms with Gasteiger partial charge >= 0.3 is 0 Å². The number of aromatic nitrogens is 2. The van der Waals surface area contributed by atoms with Gasteiger partial charge in [0.1, 0.15) is 17.5 Å². The molecule has 1 saturated carbocycles. The van der Waals surface area contributed by atoms with Crippen LogP contribution in [0, 0.1) is 18.3 Å². The van der Waals surface area contributed by atoms with Gasteiger partial charge in [0.25, 0.3) is 0 Å². The molecule has 2 rings (SSSR count). The Kier molecular flexibility index (Phi) is 4.12. The first-order chi connectivity index (χ1) is 9.02. The van der Waals surface area contributed by atoms with E-state index in [9.17, 15) is 0 Å². The lowest BCUT2D eigenvalue weighted by atomic mass is 9.85. The van der Waals surface area contributed by atoms with Crippen molar-refractivity contribution in [3.63, 3.8) is 0 Å². The lowest BCUT2D eigenvalue weighted by Crippen LogP contribution is -2.27. The molecule has 3 N–H and O–H groups in total. The molecule has 2 unspecified atom stereocenters. The summed E-state index contributed by atoms with van der Waals surface area (Å²) in [7, 11) is 1.84. The monoisotopic (exact) mass is 264 g/mol. The average Bonchev–Trinajstić information content (AvgIpc) is 2.64. The molecule has 0 saturated heterocycles. The molecular weight excluding hydrogens is 240 g/mol. The number of nitrogen functional groups attached to an aromatic ring is 1. The van der Waals surface area contributed by atoms with Crippen LogP contribution in [0.1, 0.15) is 50.3 Å². The summed E-state index contributed by atoms with van der Waals surface area (Å²) in [6.07, 6.45) is 6.14. The highest BCUT2D eigenvalue weighted by atomic mass is 16.5. The van der Waals surface area contributed by atoms with Crippen molar-refractivity contribution in [2.75, 3.05) is 0 Å². The van der Waals surface area contributed by atoms with Crippen LogP contribution in [0.5, 0.6) is 5.88 Å². The van der Waals surface area contributed by atoms with E-state index in [0.29, 0.717) is 11.4 Å². The van der Waals surface area contributed by atoms with E-state index in [1.807, 2.05) is 14.0 Å². The minimum absolute atomic E-state index is 0.0310. The highest BCUT2D eigenvalue weighted by Gasteiger charge is 2.25. The van der Waals surface area contributed by atoms with Gasteiger partial charge in [-0.05, 0) is 32.1 Å². The van der Waals surface area contributed by atoms with E-state index in [-0.39, 0.29) is 11.9 Å². The van der Waals surface area contributed by atoms with Crippen molar-refractivity contribution in [1.29, 1.82) is 5.41 Å². The van der Waals surface area contributed by atoms with Crippen molar-refractivity contribution in [2.24, 2.45) is 18.7 Å². The molecule has 106 valence electrons. The van der Waals surface area contributed by atoms with Crippen molar-refractivity contribution in [3.8, 4) is 5.88 Å². The first-order valence-corrected chi connectivity index (χ1v) is 7.07. The van der Waals surface area contributed by atoms with Crippen LogP contribution in [0.2, 0.25) is 0 Å². The van der Waals surface area contributed by atoms with Crippen molar-refractivity contribution < 1.29 is 4.74 Å². The summed E-state index contributed by atoms with van der Waals surface area (Å²) in [5, 5.41) is 12.0. The van der Waals surface area contributed by atoms with Crippen LogP contribution in [0.15, 0.2) is 0 Å². The average molecular weight is 264 g/mol. The van der Waals surface area contributed by atoms with E-state index in [2.05, 4.69) is 12.0 Å². The van der Waals surface area contributed by atoms with Crippen LogP contribution in [-0.2, 0) is 7.05 Å². The molecule has 0 spiro atoms. The zero-order valence-corrected chi connectivity index (χ0v) is 12.1. The molecular formula is C14H24N4O. The van der Waals surface area contributed by atoms with E-state index in [4.69, 9.17) is 15.9 Å². The van der Waals surface area contributed by atoms with Gasteiger partial charge in [0.2, 0.25) is 5.88 Å². The third-order valence-electron chi connectivity index (χ3n) is 4.03. The van der Waals surface area contributed by atoms with Crippen LogP contribution >= 0.6 is 0 Å². The van der Waals surface area contributed by atoms with Gasteiger partial charge in [0.05, 0.1) is 5.69 Å². The first-order valence-electron chi connectivity index (χ1n) is 7.07. The zero-order chi connectivity index (χ0) is 14.0. The summed E-state index contributed by atoms with van der Waals surface area (Å²) >= 11 is 0. The maximum Gasteiger partial charge on any atom is 0.223 e. The molecule has 1 aromatic heterocycles. The van der Waals surface area contributed by atoms with Crippen LogP contribution in [0.25, 0.3) is 0 Å². The Balaban J connectivity index is 2.16. The summed E-state index contributed by atoms with van der Waals surface area (Å²) in [4.78, 5) is 0. The fraction of sp³-hybridized carbons (Fsp3) is 0.714. The van der Waals surface area contributed by atoms with E-state index < -0.39 is 0 Å². The smallest absolute Gasteiger partial charge is 0.223 e. The van der Waals surface area contributed by atoms with E-state index in [1.165, 1.54) is 19.3 Å². The number of hydrogen-bond donors (Lipinski definition) is 2. The summed E-state index contributed by atoms with van der Waals surface area (Å²) in [6.45, 7) is 4.10. The molecule has 0 radical (unpaired) electrons. The van der Waals surface area contributed by atoms with E-state index >= 15 is 0 Å². The number of ether oxygens (including phenoxy) is 1. The largest absolute Gasteiger partial charge is 0.474 e. The molecule has 5 nitrogen and oxygen atoms in total. The lowest BCUT2D eigenvalue weighted by Gasteiger charge is -2.29. The highest BCUT2D eigenvalue weighted by molar-refractivity contribution is 5.98. The molecule has 19 heavy (non-hydrogen) atoms. The van der Waals surface area contributed by atoms with Gasteiger partial charge in [-0.1, -0.05) is 19.8 Å². The van der Waals surface area contributed by atoms with Gasteiger partial charge < -0.3 is 10.5 Å². The third-order valence-corrected chi connectivity index (χ3v) is 4.03. The molecule has 1 aromatic rings. The van der Waals surface area contributed by atoms with Gasteiger partial charge in [-0.25, -0.2) is 4.68 Å². The number of rotatable bonds is 4. The summed E-state index contributed by atoms with van der Waals surface area (Å²) in [5.74, 6) is 1.43. The van der Waals surface area contributed by atoms with Crippen molar-refractivity contribution >= 4 is 5.84 Å². The number of nitrogens with two attached hydrogens (primary N) is 1. The molecule has 0 bridgehead atoms. The Morgan fingerprint density at radius 2 is 2.26 bits per heavy atom. The molecule has 0 amide bonds. The van der Waals surface area contributed by atoms with Crippen LogP contribution in [-0.4, -0.2) is 21.7 Å². The second kappa shape index (κ2) is 5.63. The first kappa shape index (κ1) is 13.9. The predicted molar refractivity (Wildman–Crippen MR) is 75.6 cm³/mol.